The molecule has 2 aromatic carbocycles. The van der Waals surface area contributed by atoms with Gasteiger partial charge in [0.1, 0.15) is 0 Å². The molecule has 0 bridgehead atoms. The summed E-state index contributed by atoms with van der Waals surface area (Å²) in [6.07, 6.45) is 3.15. The largest absolute Gasteiger partial charge is 0.459 e. The number of rotatable bonds is 4. The maximum absolute atomic E-state index is 11.9. The minimum atomic E-state index is -0.362. The number of amides is 1. The number of hydrogen-bond donors (Lipinski definition) is 1. The van der Waals surface area contributed by atoms with Gasteiger partial charge in [-0.1, -0.05) is 35.3 Å². The molecule has 3 rings (SSSR count). The molecular formula is C18H12Cl2N2O2. The molecule has 6 heteroatoms. The summed E-state index contributed by atoms with van der Waals surface area (Å²) in [4.78, 5) is 16.3. The number of aliphatic imine (C=N–C) groups is 1. The number of carbonyl (C=O) groups excluding carboxylic acids is 1. The van der Waals surface area contributed by atoms with E-state index in [1.165, 1.54) is 6.26 Å². The number of nitrogens with zero attached hydrogens (tertiary/aromatic N) is 1. The molecule has 0 atom stereocenters. The number of benzene rings is 2. The van der Waals surface area contributed by atoms with Gasteiger partial charge in [-0.2, -0.15) is 0 Å². The van der Waals surface area contributed by atoms with Crippen molar-refractivity contribution in [3.8, 4) is 0 Å². The van der Waals surface area contributed by atoms with Crippen molar-refractivity contribution in [2.45, 2.75) is 0 Å². The first kappa shape index (κ1) is 16.3. The Kier molecular flexibility index (Phi) is 4.99. The lowest BCUT2D eigenvalue weighted by atomic mass is 10.2. The van der Waals surface area contributed by atoms with E-state index in [1.54, 1.807) is 48.7 Å². The first-order valence-corrected chi connectivity index (χ1v) is 7.81. The standard InChI is InChI=1S/C18H12Cl2N2O2/c19-13-5-3-12(4-6-13)11-21-14-7-8-16(15(20)10-14)22-18(23)17-2-1-9-24-17/h1-11H,(H,22,23). The van der Waals surface area contributed by atoms with Gasteiger partial charge in [0.2, 0.25) is 0 Å². The van der Waals surface area contributed by atoms with Crippen LogP contribution in [0.25, 0.3) is 0 Å². The lowest BCUT2D eigenvalue weighted by Crippen LogP contribution is -2.10. The Balaban J connectivity index is 1.72. The van der Waals surface area contributed by atoms with E-state index in [9.17, 15) is 4.79 Å². The predicted octanol–water partition coefficient (Wildman–Crippen LogP) is 5.59. The summed E-state index contributed by atoms with van der Waals surface area (Å²) in [5.74, 6) is -0.143. The normalized spacial score (nSPS) is 10.9. The molecule has 120 valence electrons. The Bertz CT molecular complexity index is 873. The van der Waals surface area contributed by atoms with Gasteiger partial charge in [0.05, 0.1) is 22.7 Å². The van der Waals surface area contributed by atoms with Crippen LogP contribution in [-0.2, 0) is 0 Å². The molecular weight excluding hydrogens is 347 g/mol. The SMILES string of the molecule is O=C(Nc1ccc(N=Cc2ccc(Cl)cc2)cc1Cl)c1ccco1. The Morgan fingerprint density at radius 3 is 2.54 bits per heavy atom. The fourth-order valence-electron chi connectivity index (χ4n) is 1.98. The molecule has 0 unspecified atom stereocenters. The fourth-order valence-corrected chi connectivity index (χ4v) is 2.32. The van der Waals surface area contributed by atoms with E-state index in [0.29, 0.717) is 21.4 Å². The molecule has 1 heterocycles. The molecule has 24 heavy (non-hydrogen) atoms. The molecule has 0 aliphatic rings. The first-order valence-electron chi connectivity index (χ1n) is 7.06. The average Bonchev–Trinajstić information content (AvgIpc) is 3.11. The number of nitrogens with one attached hydrogen (secondary N) is 1. The predicted molar refractivity (Wildman–Crippen MR) is 96.8 cm³/mol. The van der Waals surface area contributed by atoms with Crippen LogP contribution in [0.5, 0.6) is 0 Å². The lowest BCUT2D eigenvalue weighted by Gasteiger charge is -2.06. The van der Waals surface area contributed by atoms with E-state index < -0.39 is 0 Å². The van der Waals surface area contributed by atoms with Crippen LogP contribution in [-0.4, -0.2) is 12.1 Å². The molecule has 1 N–H and O–H groups in total. The summed E-state index contributed by atoms with van der Waals surface area (Å²) < 4.78 is 5.04. The van der Waals surface area contributed by atoms with Crippen molar-refractivity contribution in [3.63, 3.8) is 0 Å². The second-order valence-electron chi connectivity index (χ2n) is 4.91. The van der Waals surface area contributed by atoms with Crippen molar-refractivity contribution in [1.82, 2.24) is 0 Å². The topological polar surface area (TPSA) is 54.6 Å². The minimum Gasteiger partial charge on any atom is -0.459 e. The van der Waals surface area contributed by atoms with E-state index in [4.69, 9.17) is 27.6 Å². The summed E-state index contributed by atoms with van der Waals surface area (Å²) in [7, 11) is 0. The fraction of sp³-hybridized carbons (Fsp3) is 0. The van der Waals surface area contributed by atoms with Crippen LogP contribution in [0, 0.1) is 0 Å². The highest BCUT2D eigenvalue weighted by Gasteiger charge is 2.10. The molecule has 0 spiro atoms. The zero-order valence-electron chi connectivity index (χ0n) is 12.4. The molecule has 0 fully saturated rings. The van der Waals surface area contributed by atoms with Crippen molar-refractivity contribution in [1.29, 1.82) is 0 Å². The van der Waals surface area contributed by atoms with Gasteiger partial charge in [-0.05, 0) is 48.0 Å². The summed E-state index contributed by atoms with van der Waals surface area (Å²) in [5, 5.41) is 3.75. The van der Waals surface area contributed by atoms with Crippen LogP contribution >= 0.6 is 23.2 Å². The quantitative estimate of drug-likeness (QED) is 0.618. The number of carbonyl (C=O) groups is 1. The van der Waals surface area contributed by atoms with Gasteiger partial charge in [0.15, 0.2) is 5.76 Å². The average molecular weight is 359 g/mol. The summed E-state index contributed by atoms with van der Waals surface area (Å²) in [5.41, 5.74) is 2.08. The Labute approximate surface area is 148 Å². The molecule has 3 aromatic rings. The number of anilines is 1. The van der Waals surface area contributed by atoms with Crippen LogP contribution in [0.4, 0.5) is 11.4 Å². The number of furan rings is 1. The van der Waals surface area contributed by atoms with E-state index >= 15 is 0 Å². The van der Waals surface area contributed by atoms with Crippen LogP contribution in [0.1, 0.15) is 16.1 Å². The van der Waals surface area contributed by atoms with Gasteiger partial charge >= 0.3 is 0 Å². The Morgan fingerprint density at radius 1 is 1.08 bits per heavy atom. The Morgan fingerprint density at radius 2 is 1.88 bits per heavy atom. The van der Waals surface area contributed by atoms with Gasteiger partial charge in [0.25, 0.3) is 5.91 Å². The van der Waals surface area contributed by atoms with Crippen molar-refractivity contribution >= 4 is 46.7 Å². The number of halogens is 2. The van der Waals surface area contributed by atoms with Gasteiger partial charge in [-0.3, -0.25) is 9.79 Å². The van der Waals surface area contributed by atoms with E-state index in [2.05, 4.69) is 10.3 Å². The van der Waals surface area contributed by atoms with E-state index in [1.807, 2.05) is 12.1 Å². The molecule has 0 saturated carbocycles. The molecule has 1 aromatic heterocycles. The molecule has 0 aliphatic heterocycles. The van der Waals surface area contributed by atoms with E-state index in [-0.39, 0.29) is 11.7 Å². The molecule has 0 aliphatic carbocycles. The second-order valence-corrected chi connectivity index (χ2v) is 5.75. The van der Waals surface area contributed by atoms with Gasteiger partial charge in [0, 0.05) is 11.2 Å². The molecule has 0 radical (unpaired) electrons. The minimum absolute atomic E-state index is 0.218. The van der Waals surface area contributed by atoms with Crippen molar-refractivity contribution < 1.29 is 9.21 Å². The third-order valence-electron chi connectivity index (χ3n) is 3.18. The van der Waals surface area contributed by atoms with Crippen molar-refractivity contribution in [2.24, 2.45) is 4.99 Å². The van der Waals surface area contributed by atoms with Gasteiger partial charge < -0.3 is 9.73 Å². The monoisotopic (exact) mass is 358 g/mol. The first-order chi connectivity index (χ1) is 11.6. The van der Waals surface area contributed by atoms with Crippen LogP contribution in [0.2, 0.25) is 10.0 Å². The maximum Gasteiger partial charge on any atom is 0.291 e. The van der Waals surface area contributed by atoms with Gasteiger partial charge in [-0.25, -0.2) is 0 Å². The van der Waals surface area contributed by atoms with Crippen LogP contribution in [0.3, 0.4) is 0 Å². The van der Waals surface area contributed by atoms with Crippen molar-refractivity contribution in [3.05, 3.63) is 82.2 Å². The molecule has 1 amide bonds. The summed E-state index contributed by atoms with van der Waals surface area (Å²) in [6.45, 7) is 0. The zero-order valence-corrected chi connectivity index (χ0v) is 13.9. The number of hydrogen-bond acceptors (Lipinski definition) is 3. The maximum atomic E-state index is 11.9. The highest BCUT2D eigenvalue weighted by Crippen LogP contribution is 2.27. The second kappa shape index (κ2) is 7.34. The van der Waals surface area contributed by atoms with Crippen molar-refractivity contribution in [2.75, 3.05) is 5.32 Å². The molecule has 0 saturated heterocycles. The van der Waals surface area contributed by atoms with Gasteiger partial charge in [-0.15, -0.1) is 0 Å². The van der Waals surface area contributed by atoms with E-state index in [0.717, 1.165) is 5.56 Å². The lowest BCUT2D eigenvalue weighted by molar-refractivity contribution is 0.0996. The third-order valence-corrected chi connectivity index (χ3v) is 3.74. The van der Waals surface area contributed by atoms with Crippen LogP contribution < -0.4 is 5.32 Å². The third kappa shape index (κ3) is 4.04. The summed E-state index contributed by atoms with van der Waals surface area (Å²) >= 11 is 12.0. The zero-order chi connectivity index (χ0) is 16.9. The summed E-state index contributed by atoms with van der Waals surface area (Å²) in [6, 6.07) is 15.7. The highest BCUT2D eigenvalue weighted by atomic mass is 35.5. The molecule has 4 nitrogen and oxygen atoms in total. The highest BCUT2D eigenvalue weighted by molar-refractivity contribution is 6.34. The van der Waals surface area contributed by atoms with Crippen LogP contribution in [0.15, 0.2) is 70.3 Å². The smallest absolute Gasteiger partial charge is 0.291 e. The Hall–Kier alpha value is -2.56.